The predicted octanol–water partition coefficient (Wildman–Crippen LogP) is 7.99. The molecule has 6 bridgehead atoms. The van der Waals surface area contributed by atoms with Crippen LogP contribution < -0.4 is 78.5 Å². The van der Waals surface area contributed by atoms with Crippen molar-refractivity contribution >= 4 is 35.6 Å². The van der Waals surface area contributed by atoms with E-state index in [1.165, 1.54) is 27.9 Å². The van der Waals surface area contributed by atoms with Gasteiger partial charge in [-0.05, 0) is 142 Å². The van der Waals surface area contributed by atoms with Gasteiger partial charge in [-0.2, -0.15) is 15.8 Å². The van der Waals surface area contributed by atoms with Crippen LogP contribution >= 0.6 is 0 Å². The monoisotopic (exact) mass is 1940 g/mol. The van der Waals surface area contributed by atoms with E-state index in [2.05, 4.69) is 75.7 Å². The van der Waals surface area contributed by atoms with Crippen LogP contribution in [-0.4, -0.2) is 234 Å². The molecule has 18 rings (SSSR count). The van der Waals surface area contributed by atoms with Gasteiger partial charge in [0.25, 0.3) is 5.09 Å². The summed E-state index contributed by atoms with van der Waals surface area (Å²) in [4.78, 5) is 97.1. The summed E-state index contributed by atoms with van der Waals surface area (Å²) in [6.45, 7) is 24.7. The summed E-state index contributed by atoms with van der Waals surface area (Å²) in [5, 5.41) is 89.8. The third-order valence-corrected chi connectivity index (χ3v) is 28.4. The first-order valence-electron chi connectivity index (χ1n) is 44.4. The van der Waals surface area contributed by atoms with Crippen LogP contribution in [0.15, 0.2) is 18.2 Å². The summed E-state index contributed by atoms with van der Waals surface area (Å²) in [6, 6.07) is 7.37. The van der Waals surface area contributed by atoms with Crippen molar-refractivity contribution in [2.45, 2.75) is 232 Å². The van der Waals surface area contributed by atoms with E-state index in [4.69, 9.17) is 77.9 Å². The Kier molecular flexibility index (Phi) is 28.0. The first kappa shape index (κ1) is 97.9. The number of carbonyl (C=O) groups is 6. The van der Waals surface area contributed by atoms with E-state index in [1.54, 1.807) is 21.1 Å². The molecule has 12 aliphatic rings. The van der Waals surface area contributed by atoms with E-state index in [0.717, 1.165) is 77.9 Å². The first-order chi connectivity index (χ1) is 63.2. The normalized spacial score (nSPS) is 24.8. The molecule has 0 aliphatic carbocycles. The molecule has 719 valence electrons. The minimum atomic E-state index is -1.50. The number of phenolic OH excluding ortho intramolecular Hbond substituents is 3. The third kappa shape index (κ3) is 16.5. The fourth-order valence-corrected chi connectivity index (χ4v) is 23.1. The number of carbonyl (C=O) groups excluding carboxylic acids is 6. The van der Waals surface area contributed by atoms with E-state index in [1.807, 2.05) is 96.4 Å². The maximum absolute atomic E-state index is 12.9. The summed E-state index contributed by atoms with van der Waals surface area (Å²) in [6.07, 6.45) is 2.84. The van der Waals surface area contributed by atoms with Crippen LogP contribution in [0.5, 0.6) is 86.2 Å². The van der Waals surface area contributed by atoms with Crippen molar-refractivity contribution in [1.82, 2.24) is 45.3 Å². The molecule has 3 amide bonds. The van der Waals surface area contributed by atoms with Crippen molar-refractivity contribution in [3.05, 3.63) is 128 Å². The van der Waals surface area contributed by atoms with Crippen LogP contribution in [0.1, 0.15) is 192 Å². The second-order valence-electron chi connectivity index (χ2n) is 36.6. The molecule has 3 fully saturated rings. The molecule has 39 heteroatoms. The van der Waals surface area contributed by atoms with Crippen molar-refractivity contribution in [3.8, 4) is 104 Å². The SMILES string of the molecule is COc1c(C)cc2c(c1O)[C@@H]1C3Cc4c(OC(C)=O)c(C)c5c(c4[C@H](CNC(=O)C(C)C)N3[C@@H](C#N)[C@H](C2)N1C)OCO5.COc1c(C)cc2c(c1O)[C@@H]1C3Cc4c(OC(C)=O)c(C)c5c(c4[C@H](CNC(=O)C(C)C)N3[C@@H](C#N)[C@H](C2)N1C)OCO5.COc1c(C)cc2c(c1O)[C@@H]1C3Cc4c(OC(C)=O)c(C)c5c(c4[C@H](CNC(=O)[C@H](C)N)N3[C@@H](C#N)[C@H](C2)N1C)OCO5.O=[N+]([O-])O.[Ag]. The number of amides is 3. The Balaban J connectivity index is 0.000000157. The fourth-order valence-electron chi connectivity index (χ4n) is 23.1. The number of nitriles is 3. The summed E-state index contributed by atoms with van der Waals surface area (Å²) < 4.78 is 70.1. The standard InChI is InChI=1S/2C32H38N4O7.C31H37N5O7.Ag.HNO3/c2*1-14(2)32(39)34-12-23-25-19(29(43-17(5)37)16(4)30-31(25)42-13-41-30)10-21-26-24-18(8-15(3)28(40-7)27(24)38)9-20(35(26)6)22(11-33)36(21)23;1-13-7-17-8-19-21(10-32)36-20(25(35(19)5)23(17)26(38)27(13)40-6)9-18-24(22(36)11-34-31(39)15(3)33)30-29(41-12-42-30)14(2)28(18)43-16(4)37;;2-1(3)4/h2*8,14,20-23,26,38H,9-10,12-13H2,1-7H3,(H,34,39);7,15,19-22,25,38H,8-9,11-12,33H2,1-6H3,(H,34,39);;(H,2,3,4)/t2*20-,21?,22-,23-,26-;15-,19-,20?,21-,22-,25-;;/m000../s1. The van der Waals surface area contributed by atoms with Crippen LogP contribution in [0.25, 0.3) is 0 Å². The number of aromatic hydroxyl groups is 3. The van der Waals surface area contributed by atoms with Crippen molar-refractivity contribution in [2.75, 3.05) is 82.5 Å². The Bertz CT molecular complexity index is 5380. The minimum Gasteiger partial charge on any atom is -0.504 e. The number of likely N-dealkylation sites (N-methyl/N-ethyl adjacent to an activating group) is 3. The molecule has 16 atom stereocenters. The summed E-state index contributed by atoms with van der Waals surface area (Å²) in [5.74, 6) is 3.38. The van der Waals surface area contributed by atoms with E-state index in [9.17, 15) is 59.9 Å². The zero-order valence-electron chi connectivity index (χ0n) is 78.4. The van der Waals surface area contributed by atoms with Gasteiger partial charge in [0, 0.05) is 178 Å². The number of nitrogens with two attached hydrogens (primary N) is 1. The van der Waals surface area contributed by atoms with Gasteiger partial charge in [0.2, 0.25) is 38.1 Å². The molecule has 0 spiro atoms. The zero-order chi connectivity index (χ0) is 96.3. The molecule has 38 nitrogen and oxygen atoms in total. The smallest absolute Gasteiger partial charge is 0.308 e. The second-order valence-corrected chi connectivity index (χ2v) is 36.6. The molecular weight excluding hydrogens is 1830 g/mol. The number of methoxy groups -OCH3 is 3. The number of hydrogen-bond acceptors (Lipinski definition) is 33. The molecule has 12 heterocycles. The maximum atomic E-state index is 12.9. The van der Waals surface area contributed by atoms with Gasteiger partial charge in [0.05, 0.1) is 81.8 Å². The number of rotatable bonds is 15. The number of nitrogens with one attached hydrogen (secondary N) is 3. The molecule has 1 radical (unpaired) electrons. The van der Waals surface area contributed by atoms with Crippen molar-refractivity contribution in [1.29, 1.82) is 15.8 Å². The quantitative estimate of drug-likeness (QED) is 0.0159. The zero-order valence-corrected chi connectivity index (χ0v) is 79.9. The van der Waals surface area contributed by atoms with E-state index in [0.29, 0.717) is 130 Å². The molecule has 6 aromatic rings. The second kappa shape index (κ2) is 38.3. The average Bonchev–Trinajstić information content (AvgIpc) is 0.992. The molecule has 12 aliphatic heterocycles. The number of phenols is 3. The number of benzene rings is 6. The predicted molar refractivity (Wildman–Crippen MR) is 474 cm³/mol. The molecule has 134 heavy (non-hydrogen) atoms. The van der Waals surface area contributed by atoms with Gasteiger partial charge in [-0.3, -0.25) is 58.2 Å². The minimum absolute atomic E-state index is 0. The van der Waals surface area contributed by atoms with Crippen LogP contribution in [0.2, 0.25) is 0 Å². The number of esters is 3. The van der Waals surface area contributed by atoms with Gasteiger partial charge in [-0.15, -0.1) is 10.1 Å². The molecule has 3 unspecified atom stereocenters. The molecule has 6 aromatic carbocycles. The van der Waals surface area contributed by atoms with Gasteiger partial charge < -0.3 is 99.1 Å². The van der Waals surface area contributed by atoms with E-state index >= 15 is 0 Å². The van der Waals surface area contributed by atoms with Crippen LogP contribution in [0.3, 0.4) is 0 Å². The number of piperazine rings is 3. The van der Waals surface area contributed by atoms with Crippen LogP contribution in [-0.2, 0) is 89.7 Å². The van der Waals surface area contributed by atoms with Gasteiger partial charge in [0.1, 0.15) is 35.4 Å². The Hall–Kier alpha value is -12.1. The number of fused-ring (bicyclic) bond motifs is 27. The summed E-state index contributed by atoms with van der Waals surface area (Å²) >= 11 is 0. The molecule has 0 saturated carbocycles. The third-order valence-electron chi connectivity index (χ3n) is 28.4. The van der Waals surface area contributed by atoms with Gasteiger partial charge >= 0.3 is 17.9 Å². The van der Waals surface area contributed by atoms with Crippen molar-refractivity contribution in [3.63, 3.8) is 0 Å². The Morgan fingerprint density at radius 1 is 0.448 bits per heavy atom. The van der Waals surface area contributed by atoms with Gasteiger partial charge in [-0.1, -0.05) is 45.9 Å². The number of aryl methyl sites for hydroxylation is 3. The molecular formula is C95H114AgN14O24. The van der Waals surface area contributed by atoms with Crippen molar-refractivity contribution in [2.24, 2.45) is 17.6 Å². The van der Waals surface area contributed by atoms with Crippen LogP contribution in [0, 0.1) is 97.5 Å². The fraction of sp³-hybridized carbons (Fsp3) is 0.526. The number of hydrogen-bond donors (Lipinski definition) is 8. The van der Waals surface area contributed by atoms with Gasteiger partial charge in [-0.25, -0.2) is 0 Å². The van der Waals surface area contributed by atoms with E-state index in [-0.39, 0.29) is 164 Å². The largest absolute Gasteiger partial charge is 0.504 e. The van der Waals surface area contributed by atoms with Crippen LogP contribution in [0.4, 0.5) is 0 Å². The Morgan fingerprint density at radius 3 is 0.918 bits per heavy atom. The van der Waals surface area contributed by atoms with Gasteiger partial charge in [0.15, 0.2) is 69.0 Å². The average molecular weight is 1940 g/mol. The maximum Gasteiger partial charge on any atom is 0.308 e. The van der Waals surface area contributed by atoms with E-state index < -0.39 is 65.3 Å². The first-order valence-corrected chi connectivity index (χ1v) is 44.4. The Morgan fingerprint density at radius 2 is 0.694 bits per heavy atom. The topological polar surface area (TPSA) is 490 Å². The number of ether oxygens (including phenoxy) is 12. The molecule has 3 saturated heterocycles. The summed E-state index contributed by atoms with van der Waals surface area (Å²) in [7, 11) is 10.6. The Labute approximate surface area is 791 Å². The summed E-state index contributed by atoms with van der Waals surface area (Å²) in [5.41, 5.74) is 20.1. The molecule has 9 N–H and O–H groups in total. The molecule has 0 aromatic heterocycles. The number of nitrogens with zero attached hydrogens (tertiary/aromatic N) is 10. The van der Waals surface area contributed by atoms with Crippen molar-refractivity contribution < 1.29 is 134 Å².